The Bertz CT molecular complexity index is 993. The van der Waals surface area contributed by atoms with E-state index in [-0.39, 0.29) is 23.5 Å². The van der Waals surface area contributed by atoms with Crippen molar-refractivity contribution >= 4 is 23.2 Å². The van der Waals surface area contributed by atoms with Crippen molar-refractivity contribution in [2.24, 2.45) is 5.92 Å². The lowest BCUT2D eigenvalue weighted by Crippen LogP contribution is -2.43. The number of rotatable bonds is 6. The van der Waals surface area contributed by atoms with E-state index in [0.29, 0.717) is 43.9 Å². The number of thiophene rings is 1. The molecule has 0 aliphatic carbocycles. The Morgan fingerprint density at radius 1 is 1.17 bits per heavy atom. The number of benzene rings is 1. The Labute approximate surface area is 178 Å². The summed E-state index contributed by atoms with van der Waals surface area (Å²) in [5.74, 6) is -0.467. The minimum Gasteiger partial charge on any atom is -0.355 e. The molecule has 156 valence electrons. The van der Waals surface area contributed by atoms with Crippen LogP contribution < -0.4 is 5.32 Å². The summed E-state index contributed by atoms with van der Waals surface area (Å²) in [6.45, 7) is 1.68. The molecule has 2 aromatic heterocycles. The molecule has 1 N–H and O–H groups in total. The second kappa shape index (κ2) is 9.21. The second-order valence-corrected chi connectivity index (χ2v) is 8.34. The smallest absolute Gasteiger partial charge is 0.272 e. The number of hydrogen-bond donors (Lipinski definition) is 1. The van der Waals surface area contributed by atoms with Gasteiger partial charge in [0.1, 0.15) is 11.5 Å². The summed E-state index contributed by atoms with van der Waals surface area (Å²) in [7, 11) is 0. The first-order valence-electron chi connectivity index (χ1n) is 9.99. The molecule has 2 amide bonds. The van der Waals surface area contributed by atoms with E-state index in [1.807, 2.05) is 11.4 Å². The molecule has 1 aliphatic rings. The van der Waals surface area contributed by atoms with E-state index >= 15 is 0 Å². The van der Waals surface area contributed by atoms with Gasteiger partial charge in [0.25, 0.3) is 5.91 Å². The first kappa shape index (κ1) is 20.3. The third kappa shape index (κ3) is 4.59. The maximum atomic E-state index is 13.2. The molecule has 4 rings (SSSR count). The van der Waals surface area contributed by atoms with Gasteiger partial charge in [-0.2, -0.15) is 0 Å². The molecular formula is C22H23FN4O2S. The minimum atomic E-state index is -0.331. The summed E-state index contributed by atoms with van der Waals surface area (Å²) in [5.41, 5.74) is 1.11. The third-order valence-electron chi connectivity index (χ3n) is 5.37. The van der Waals surface area contributed by atoms with Crippen LogP contribution in [0.25, 0.3) is 5.69 Å². The van der Waals surface area contributed by atoms with Gasteiger partial charge in [0.15, 0.2) is 0 Å². The van der Waals surface area contributed by atoms with Crippen LogP contribution in [0, 0.1) is 11.7 Å². The second-order valence-electron chi connectivity index (χ2n) is 7.31. The molecular weight excluding hydrogens is 403 g/mol. The standard InChI is InChI=1S/C22H23FN4O2S/c23-17-3-5-18(6-4-17)27-15-24-14-20(27)22(29)26-11-8-16(9-12-26)21(28)25-10-7-19-2-1-13-30-19/h1-6,13-16H,7-12H2,(H,25,28). The van der Waals surface area contributed by atoms with Gasteiger partial charge in [-0.25, -0.2) is 9.37 Å². The normalized spacial score (nSPS) is 14.6. The highest BCUT2D eigenvalue weighted by Crippen LogP contribution is 2.21. The van der Waals surface area contributed by atoms with Gasteiger partial charge in [-0.3, -0.25) is 14.2 Å². The fourth-order valence-electron chi connectivity index (χ4n) is 3.68. The van der Waals surface area contributed by atoms with Crippen molar-refractivity contribution in [1.29, 1.82) is 0 Å². The Morgan fingerprint density at radius 3 is 2.63 bits per heavy atom. The number of nitrogens with zero attached hydrogens (tertiary/aromatic N) is 3. The molecule has 3 aromatic rings. The Balaban J connectivity index is 1.31. The van der Waals surface area contributed by atoms with E-state index in [1.54, 1.807) is 39.3 Å². The van der Waals surface area contributed by atoms with Gasteiger partial charge < -0.3 is 10.2 Å². The highest BCUT2D eigenvalue weighted by atomic mass is 32.1. The van der Waals surface area contributed by atoms with Crippen LogP contribution in [-0.4, -0.2) is 45.9 Å². The van der Waals surface area contributed by atoms with Crippen molar-refractivity contribution in [3.05, 3.63) is 70.7 Å². The summed E-state index contributed by atoms with van der Waals surface area (Å²) in [6, 6.07) is 10.0. The maximum absolute atomic E-state index is 13.2. The first-order valence-corrected chi connectivity index (χ1v) is 10.9. The molecule has 0 bridgehead atoms. The fraction of sp³-hybridized carbons (Fsp3) is 0.318. The summed E-state index contributed by atoms with van der Waals surface area (Å²) < 4.78 is 14.9. The Morgan fingerprint density at radius 2 is 1.93 bits per heavy atom. The van der Waals surface area contributed by atoms with E-state index in [4.69, 9.17) is 0 Å². The van der Waals surface area contributed by atoms with E-state index in [0.717, 1.165) is 6.42 Å². The highest BCUT2D eigenvalue weighted by molar-refractivity contribution is 7.09. The van der Waals surface area contributed by atoms with Crippen LogP contribution in [0.1, 0.15) is 28.2 Å². The van der Waals surface area contributed by atoms with Crippen LogP contribution in [0.3, 0.4) is 0 Å². The molecule has 0 radical (unpaired) electrons. The molecule has 0 spiro atoms. The van der Waals surface area contributed by atoms with Crippen LogP contribution in [0.4, 0.5) is 4.39 Å². The van der Waals surface area contributed by atoms with Gasteiger partial charge in [0.05, 0.1) is 12.5 Å². The quantitative estimate of drug-likeness (QED) is 0.658. The average Bonchev–Trinajstić information content (AvgIpc) is 3.46. The van der Waals surface area contributed by atoms with Crippen molar-refractivity contribution in [3.63, 3.8) is 0 Å². The molecule has 0 saturated carbocycles. The number of nitrogens with one attached hydrogen (secondary N) is 1. The molecule has 8 heteroatoms. The number of piperidine rings is 1. The van der Waals surface area contributed by atoms with Gasteiger partial charge in [-0.15, -0.1) is 11.3 Å². The van der Waals surface area contributed by atoms with Crippen molar-refractivity contribution < 1.29 is 14.0 Å². The zero-order valence-corrected chi connectivity index (χ0v) is 17.3. The summed E-state index contributed by atoms with van der Waals surface area (Å²) in [6.07, 6.45) is 5.19. The maximum Gasteiger partial charge on any atom is 0.272 e. The molecule has 1 fully saturated rings. The molecule has 6 nitrogen and oxygen atoms in total. The van der Waals surface area contributed by atoms with Crippen LogP contribution in [0.2, 0.25) is 0 Å². The van der Waals surface area contributed by atoms with Gasteiger partial charge in [-0.05, 0) is 55.0 Å². The summed E-state index contributed by atoms with van der Waals surface area (Å²) in [5, 5.41) is 5.05. The predicted molar refractivity (Wildman–Crippen MR) is 113 cm³/mol. The zero-order chi connectivity index (χ0) is 20.9. The number of halogens is 1. The molecule has 1 aromatic carbocycles. The van der Waals surface area contributed by atoms with Crippen LogP contribution in [0.5, 0.6) is 0 Å². The zero-order valence-electron chi connectivity index (χ0n) is 16.5. The Kier molecular flexibility index (Phi) is 6.23. The summed E-state index contributed by atoms with van der Waals surface area (Å²) in [4.78, 5) is 32.5. The topological polar surface area (TPSA) is 67.2 Å². The van der Waals surface area contributed by atoms with Gasteiger partial charge in [-0.1, -0.05) is 6.07 Å². The first-order chi connectivity index (χ1) is 14.6. The van der Waals surface area contributed by atoms with Crippen LogP contribution in [0.15, 0.2) is 54.3 Å². The predicted octanol–water partition coefficient (Wildman–Crippen LogP) is 3.28. The number of aromatic nitrogens is 2. The van der Waals surface area contributed by atoms with Crippen molar-refractivity contribution in [1.82, 2.24) is 19.8 Å². The average molecular weight is 427 g/mol. The number of carbonyl (C=O) groups excluding carboxylic acids is 2. The van der Waals surface area contributed by atoms with Crippen LogP contribution in [-0.2, 0) is 11.2 Å². The number of hydrogen-bond acceptors (Lipinski definition) is 4. The molecule has 0 unspecified atom stereocenters. The lowest BCUT2D eigenvalue weighted by molar-refractivity contribution is -0.126. The number of imidazole rings is 1. The lowest BCUT2D eigenvalue weighted by Gasteiger charge is -2.31. The van der Waals surface area contributed by atoms with Gasteiger partial charge in [0, 0.05) is 36.1 Å². The monoisotopic (exact) mass is 426 g/mol. The number of amides is 2. The van der Waals surface area contributed by atoms with Crippen molar-refractivity contribution in [2.75, 3.05) is 19.6 Å². The molecule has 0 atom stereocenters. The van der Waals surface area contributed by atoms with Gasteiger partial charge in [0.2, 0.25) is 5.91 Å². The molecule has 3 heterocycles. The van der Waals surface area contributed by atoms with E-state index in [2.05, 4.69) is 16.4 Å². The van der Waals surface area contributed by atoms with E-state index in [9.17, 15) is 14.0 Å². The fourth-order valence-corrected chi connectivity index (χ4v) is 4.38. The van der Waals surface area contributed by atoms with Gasteiger partial charge >= 0.3 is 0 Å². The van der Waals surface area contributed by atoms with Crippen molar-refractivity contribution in [2.45, 2.75) is 19.3 Å². The van der Waals surface area contributed by atoms with E-state index < -0.39 is 0 Å². The largest absolute Gasteiger partial charge is 0.355 e. The van der Waals surface area contributed by atoms with Crippen molar-refractivity contribution in [3.8, 4) is 5.69 Å². The Hall–Kier alpha value is -3.00. The van der Waals surface area contributed by atoms with E-state index in [1.165, 1.54) is 23.2 Å². The third-order valence-corrected chi connectivity index (χ3v) is 6.30. The number of carbonyl (C=O) groups is 2. The van der Waals surface area contributed by atoms with Crippen LogP contribution >= 0.6 is 11.3 Å². The minimum absolute atomic E-state index is 0.0648. The molecule has 1 aliphatic heterocycles. The molecule has 1 saturated heterocycles. The highest BCUT2D eigenvalue weighted by Gasteiger charge is 2.29. The summed E-state index contributed by atoms with van der Waals surface area (Å²) >= 11 is 1.69. The number of likely N-dealkylation sites (tertiary alicyclic amines) is 1. The lowest BCUT2D eigenvalue weighted by atomic mass is 9.95. The molecule has 30 heavy (non-hydrogen) atoms. The SMILES string of the molecule is O=C(NCCc1cccs1)C1CCN(C(=O)c2cncn2-c2ccc(F)cc2)CC1.